The molecule has 1 saturated carbocycles. The highest BCUT2D eigenvalue weighted by Gasteiger charge is 2.17. The van der Waals surface area contributed by atoms with Crippen LogP contribution in [-0.4, -0.2) is 17.2 Å². The van der Waals surface area contributed by atoms with Gasteiger partial charge in [0.15, 0.2) is 0 Å². The Balaban J connectivity index is 1.34. The molecule has 1 aliphatic rings. The first-order valence-electron chi connectivity index (χ1n) is 10.3. The number of anilines is 1. The Morgan fingerprint density at radius 2 is 1.87 bits per heavy atom. The van der Waals surface area contributed by atoms with E-state index in [0.717, 1.165) is 35.6 Å². The molecule has 1 heterocycles. The second kappa shape index (κ2) is 9.03. The van der Waals surface area contributed by atoms with E-state index in [1.54, 1.807) is 24.3 Å². The van der Waals surface area contributed by atoms with Crippen LogP contribution in [0.2, 0.25) is 0 Å². The van der Waals surface area contributed by atoms with Crippen molar-refractivity contribution in [2.75, 3.05) is 5.32 Å². The van der Waals surface area contributed by atoms with Gasteiger partial charge in [-0.05, 0) is 75.9 Å². The van der Waals surface area contributed by atoms with Crippen LogP contribution >= 0.6 is 0 Å². The van der Waals surface area contributed by atoms with E-state index in [0.29, 0.717) is 23.6 Å². The van der Waals surface area contributed by atoms with E-state index < -0.39 is 0 Å². The zero-order valence-corrected chi connectivity index (χ0v) is 17.3. The Labute approximate surface area is 176 Å². The van der Waals surface area contributed by atoms with Crippen LogP contribution in [0.25, 0.3) is 0 Å². The number of ether oxygens (including phenoxy) is 2. The smallest absolute Gasteiger partial charge is 0.255 e. The maximum atomic E-state index is 12.6. The van der Waals surface area contributed by atoms with Crippen molar-refractivity contribution in [2.45, 2.75) is 52.2 Å². The topological polar surface area (TPSA) is 73.6 Å². The predicted octanol–water partition coefficient (Wildman–Crippen LogP) is 5.44. The van der Waals surface area contributed by atoms with Crippen LogP contribution in [-0.2, 0) is 6.61 Å². The highest BCUT2D eigenvalue weighted by Crippen LogP contribution is 2.26. The summed E-state index contributed by atoms with van der Waals surface area (Å²) in [5, 5.41) is 6.86. The molecule has 6 nitrogen and oxygen atoms in total. The van der Waals surface area contributed by atoms with Gasteiger partial charge in [-0.1, -0.05) is 11.2 Å². The Kier molecular flexibility index (Phi) is 6.02. The predicted molar refractivity (Wildman–Crippen MR) is 114 cm³/mol. The molecule has 1 amide bonds. The van der Waals surface area contributed by atoms with Gasteiger partial charge in [0.05, 0.1) is 17.4 Å². The van der Waals surface area contributed by atoms with Gasteiger partial charge in [0.1, 0.15) is 23.9 Å². The van der Waals surface area contributed by atoms with Crippen LogP contribution in [0, 0.1) is 13.8 Å². The summed E-state index contributed by atoms with van der Waals surface area (Å²) < 4.78 is 17.0. The fraction of sp³-hybridized carbons (Fsp3) is 0.333. The lowest BCUT2D eigenvalue weighted by molar-refractivity contribution is 0.102. The summed E-state index contributed by atoms with van der Waals surface area (Å²) in [6, 6.07) is 14.6. The number of rotatable bonds is 7. The molecule has 1 aromatic heterocycles. The maximum Gasteiger partial charge on any atom is 0.255 e. The van der Waals surface area contributed by atoms with Crippen molar-refractivity contribution >= 4 is 11.6 Å². The minimum atomic E-state index is -0.176. The SMILES string of the molecule is Cc1noc(C)c1COc1ccc(C(=O)Nc2cccc(OC3CCCC3)c2)cc1. The molecule has 0 radical (unpaired) electrons. The van der Waals surface area contributed by atoms with Crippen molar-refractivity contribution in [1.29, 1.82) is 0 Å². The van der Waals surface area contributed by atoms with Gasteiger partial charge >= 0.3 is 0 Å². The van der Waals surface area contributed by atoms with E-state index in [4.69, 9.17) is 14.0 Å². The lowest BCUT2D eigenvalue weighted by Gasteiger charge is -2.14. The van der Waals surface area contributed by atoms with Crippen molar-refractivity contribution in [1.82, 2.24) is 5.16 Å². The molecule has 0 spiro atoms. The summed E-state index contributed by atoms with van der Waals surface area (Å²) in [6.45, 7) is 4.12. The average molecular weight is 406 g/mol. The number of hydrogen-bond donors (Lipinski definition) is 1. The lowest BCUT2D eigenvalue weighted by atomic mass is 10.2. The number of amides is 1. The van der Waals surface area contributed by atoms with Gasteiger partial charge in [-0.2, -0.15) is 0 Å². The molecule has 4 rings (SSSR count). The van der Waals surface area contributed by atoms with Gasteiger partial charge in [-0.15, -0.1) is 0 Å². The summed E-state index contributed by atoms with van der Waals surface area (Å²) in [5.41, 5.74) is 3.04. The summed E-state index contributed by atoms with van der Waals surface area (Å²) >= 11 is 0. The average Bonchev–Trinajstić information content (AvgIpc) is 3.37. The Morgan fingerprint density at radius 1 is 1.10 bits per heavy atom. The van der Waals surface area contributed by atoms with Gasteiger partial charge in [0.25, 0.3) is 5.91 Å². The van der Waals surface area contributed by atoms with Crippen molar-refractivity contribution in [3.63, 3.8) is 0 Å². The summed E-state index contributed by atoms with van der Waals surface area (Å²) in [7, 11) is 0. The number of aryl methyl sites for hydroxylation is 2. The lowest BCUT2D eigenvalue weighted by Crippen LogP contribution is -2.13. The highest BCUT2D eigenvalue weighted by molar-refractivity contribution is 6.04. The van der Waals surface area contributed by atoms with E-state index in [-0.39, 0.29) is 12.0 Å². The van der Waals surface area contributed by atoms with Crippen molar-refractivity contribution in [3.8, 4) is 11.5 Å². The zero-order valence-electron chi connectivity index (χ0n) is 17.3. The monoisotopic (exact) mass is 406 g/mol. The molecule has 30 heavy (non-hydrogen) atoms. The minimum absolute atomic E-state index is 0.176. The third-order valence-corrected chi connectivity index (χ3v) is 5.38. The molecule has 0 atom stereocenters. The van der Waals surface area contributed by atoms with Crippen LogP contribution in [0.1, 0.15) is 53.1 Å². The van der Waals surface area contributed by atoms with Gasteiger partial charge in [-0.3, -0.25) is 4.79 Å². The van der Waals surface area contributed by atoms with Crippen molar-refractivity contribution in [2.24, 2.45) is 0 Å². The molecular weight excluding hydrogens is 380 g/mol. The van der Waals surface area contributed by atoms with Gasteiger partial charge in [0, 0.05) is 17.3 Å². The molecule has 156 valence electrons. The third kappa shape index (κ3) is 4.82. The molecule has 6 heteroatoms. The molecule has 1 aliphatic carbocycles. The van der Waals surface area contributed by atoms with E-state index in [1.165, 1.54) is 12.8 Å². The third-order valence-electron chi connectivity index (χ3n) is 5.38. The molecular formula is C24H26N2O4. The second-order valence-electron chi connectivity index (χ2n) is 7.62. The van der Waals surface area contributed by atoms with Crippen LogP contribution in [0.5, 0.6) is 11.5 Å². The first-order chi connectivity index (χ1) is 14.6. The van der Waals surface area contributed by atoms with E-state index in [1.807, 2.05) is 38.1 Å². The van der Waals surface area contributed by atoms with E-state index >= 15 is 0 Å². The quantitative estimate of drug-likeness (QED) is 0.565. The summed E-state index contributed by atoms with van der Waals surface area (Å²) in [5.74, 6) is 2.05. The summed E-state index contributed by atoms with van der Waals surface area (Å²) in [4.78, 5) is 12.6. The molecule has 0 unspecified atom stereocenters. The second-order valence-corrected chi connectivity index (χ2v) is 7.62. The van der Waals surface area contributed by atoms with Crippen LogP contribution in [0.15, 0.2) is 53.1 Å². The Morgan fingerprint density at radius 3 is 2.57 bits per heavy atom. The zero-order chi connectivity index (χ0) is 20.9. The molecule has 0 aliphatic heterocycles. The first-order valence-corrected chi connectivity index (χ1v) is 10.3. The van der Waals surface area contributed by atoms with Crippen molar-refractivity contribution in [3.05, 3.63) is 71.1 Å². The molecule has 0 bridgehead atoms. The fourth-order valence-corrected chi connectivity index (χ4v) is 3.62. The largest absolute Gasteiger partial charge is 0.490 e. The normalized spacial score (nSPS) is 13.9. The number of carbonyl (C=O) groups is 1. The molecule has 1 fully saturated rings. The minimum Gasteiger partial charge on any atom is -0.490 e. The van der Waals surface area contributed by atoms with E-state index in [2.05, 4.69) is 10.5 Å². The Bertz CT molecular complexity index is 985. The number of aromatic nitrogens is 1. The van der Waals surface area contributed by atoms with E-state index in [9.17, 15) is 4.79 Å². The fourth-order valence-electron chi connectivity index (χ4n) is 3.62. The van der Waals surface area contributed by atoms with Gasteiger partial charge in [-0.25, -0.2) is 0 Å². The first kappa shape index (κ1) is 20.0. The highest BCUT2D eigenvalue weighted by atomic mass is 16.5. The number of nitrogens with zero attached hydrogens (tertiary/aromatic N) is 1. The Hall–Kier alpha value is -3.28. The van der Waals surface area contributed by atoms with Gasteiger partial charge in [0.2, 0.25) is 0 Å². The standard InChI is InChI=1S/C24H26N2O4/c1-16-23(17(2)30-26-16)15-28-20-12-10-18(11-13-20)24(27)25-19-6-5-9-22(14-19)29-21-7-3-4-8-21/h5-6,9-14,21H,3-4,7-8,15H2,1-2H3,(H,25,27). The van der Waals surface area contributed by atoms with Crippen LogP contribution in [0.4, 0.5) is 5.69 Å². The van der Waals surface area contributed by atoms with Crippen LogP contribution in [0.3, 0.4) is 0 Å². The molecule has 2 aromatic carbocycles. The molecule has 0 saturated heterocycles. The number of nitrogens with one attached hydrogen (secondary N) is 1. The summed E-state index contributed by atoms with van der Waals surface area (Å²) in [6.07, 6.45) is 4.93. The van der Waals surface area contributed by atoms with Crippen molar-refractivity contribution < 1.29 is 18.8 Å². The molecule has 3 aromatic rings. The maximum absolute atomic E-state index is 12.6. The van der Waals surface area contributed by atoms with Gasteiger partial charge < -0.3 is 19.3 Å². The van der Waals surface area contributed by atoms with Crippen LogP contribution < -0.4 is 14.8 Å². The molecule has 1 N–H and O–H groups in total. The number of hydrogen-bond acceptors (Lipinski definition) is 5. The number of benzene rings is 2. The number of carbonyl (C=O) groups excluding carboxylic acids is 1.